The zero-order valence-electron chi connectivity index (χ0n) is 14.0. The number of nitrogens with one attached hydrogen (secondary N) is 1. The number of anilines is 1. The zero-order chi connectivity index (χ0) is 17.8. The monoisotopic (exact) mass is 355 g/mol. The Balaban J connectivity index is 1.65. The lowest BCUT2D eigenvalue weighted by atomic mass is 10.1. The fraction of sp³-hybridized carbons (Fsp3) is 0.158. The number of rotatable bonds is 5. The van der Waals surface area contributed by atoms with Crippen molar-refractivity contribution >= 4 is 23.2 Å². The number of benzene rings is 2. The van der Waals surface area contributed by atoms with Crippen LogP contribution in [0.2, 0.25) is 5.02 Å². The lowest BCUT2D eigenvalue weighted by Gasteiger charge is -2.09. The molecule has 5 nitrogen and oxygen atoms in total. The summed E-state index contributed by atoms with van der Waals surface area (Å²) in [5.41, 5.74) is 3.27. The van der Waals surface area contributed by atoms with Crippen LogP contribution in [0.25, 0.3) is 0 Å². The van der Waals surface area contributed by atoms with Crippen LogP contribution >= 0.6 is 11.6 Å². The van der Waals surface area contributed by atoms with Crippen LogP contribution in [0.15, 0.2) is 54.7 Å². The molecule has 128 valence electrons. The standard InChI is InChI=1S/C19H18ClN3O2/c1-13-6-5-8-16(14(13)2)21-19(24)17-10-11-23(22-17)12-25-18-9-4-3-7-15(18)20/h3-11H,12H2,1-2H3,(H,21,24). The summed E-state index contributed by atoms with van der Waals surface area (Å²) in [5.74, 6) is 0.311. The molecule has 1 aromatic heterocycles. The molecular weight excluding hydrogens is 338 g/mol. The van der Waals surface area contributed by atoms with E-state index in [1.54, 1.807) is 29.1 Å². The molecule has 0 aliphatic heterocycles. The molecule has 3 aromatic rings. The van der Waals surface area contributed by atoms with Crippen LogP contribution in [0, 0.1) is 13.8 Å². The first-order valence-corrected chi connectivity index (χ1v) is 8.21. The van der Waals surface area contributed by atoms with Gasteiger partial charge in [-0.2, -0.15) is 5.10 Å². The Kier molecular flexibility index (Phi) is 5.05. The van der Waals surface area contributed by atoms with Crippen molar-refractivity contribution in [2.75, 3.05) is 5.32 Å². The van der Waals surface area contributed by atoms with E-state index in [2.05, 4.69) is 10.4 Å². The van der Waals surface area contributed by atoms with Crippen LogP contribution in [0.4, 0.5) is 5.69 Å². The average Bonchev–Trinajstić information content (AvgIpc) is 3.07. The second-order valence-electron chi connectivity index (χ2n) is 5.65. The molecule has 0 atom stereocenters. The van der Waals surface area contributed by atoms with Gasteiger partial charge in [-0.25, -0.2) is 4.68 Å². The smallest absolute Gasteiger partial charge is 0.276 e. The summed E-state index contributed by atoms with van der Waals surface area (Å²) in [4.78, 5) is 12.4. The predicted molar refractivity (Wildman–Crippen MR) is 98.2 cm³/mol. The maximum Gasteiger partial charge on any atom is 0.276 e. The molecule has 6 heteroatoms. The Labute approximate surface area is 151 Å². The summed E-state index contributed by atoms with van der Waals surface area (Å²) in [7, 11) is 0. The van der Waals surface area contributed by atoms with Crippen molar-refractivity contribution in [1.82, 2.24) is 9.78 Å². The molecule has 0 saturated carbocycles. The van der Waals surface area contributed by atoms with Crippen LogP contribution in [0.1, 0.15) is 21.6 Å². The highest BCUT2D eigenvalue weighted by Crippen LogP contribution is 2.23. The minimum absolute atomic E-state index is 0.167. The topological polar surface area (TPSA) is 56.2 Å². The largest absolute Gasteiger partial charge is 0.470 e. The van der Waals surface area contributed by atoms with E-state index in [0.717, 1.165) is 16.8 Å². The summed E-state index contributed by atoms with van der Waals surface area (Å²) in [6.45, 7) is 4.15. The lowest BCUT2D eigenvalue weighted by molar-refractivity contribution is 0.102. The molecule has 3 rings (SSSR count). The summed E-state index contributed by atoms with van der Waals surface area (Å²) < 4.78 is 7.15. The summed E-state index contributed by atoms with van der Waals surface area (Å²) >= 11 is 6.05. The molecule has 1 heterocycles. The Hall–Kier alpha value is -2.79. The first-order chi connectivity index (χ1) is 12.0. The normalized spacial score (nSPS) is 10.5. The Morgan fingerprint density at radius 1 is 1.16 bits per heavy atom. The first-order valence-electron chi connectivity index (χ1n) is 7.83. The SMILES string of the molecule is Cc1cccc(NC(=O)c2ccn(COc3ccccc3Cl)n2)c1C. The number of hydrogen-bond acceptors (Lipinski definition) is 3. The molecule has 0 spiro atoms. The van der Waals surface area contributed by atoms with Gasteiger partial charge >= 0.3 is 0 Å². The highest BCUT2D eigenvalue weighted by Gasteiger charge is 2.12. The minimum Gasteiger partial charge on any atom is -0.470 e. The third-order valence-electron chi connectivity index (χ3n) is 3.92. The van der Waals surface area contributed by atoms with E-state index in [9.17, 15) is 4.79 Å². The number of hydrogen-bond donors (Lipinski definition) is 1. The summed E-state index contributed by atoms with van der Waals surface area (Å²) in [6.07, 6.45) is 1.69. The van der Waals surface area contributed by atoms with Gasteiger partial charge in [0.25, 0.3) is 5.91 Å². The van der Waals surface area contributed by atoms with E-state index in [0.29, 0.717) is 16.5 Å². The maximum absolute atomic E-state index is 12.4. The lowest BCUT2D eigenvalue weighted by Crippen LogP contribution is -2.15. The van der Waals surface area contributed by atoms with E-state index < -0.39 is 0 Å². The van der Waals surface area contributed by atoms with Crippen molar-refractivity contribution in [1.29, 1.82) is 0 Å². The van der Waals surface area contributed by atoms with E-state index in [-0.39, 0.29) is 12.6 Å². The molecule has 0 radical (unpaired) electrons. The van der Waals surface area contributed by atoms with Crippen LogP contribution in [-0.2, 0) is 6.73 Å². The van der Waals surface area contributed by atoms with Crippen LogP contribution in [0.5, 0.6) is 5.75 Å². The minimum atomic E-state index is -0.259. The molecular formula is C19H18ClN3O2. The second-order valence-corrected chi connectivity index (χ2v) is 6.05. The summed E-state index contributed by atoms with van der Waals surface area (Å²) in [5, 5.41) is 7.66. The number of amides is 1. The molecule has 0 unspecified atom stereocenters. The highest BCUT2D eigenvalue weighted by atomic mass is 35.5. The maximum atomic E-state index is 12.4. The number of para-hydroxylation sites is 1. The Morgan fingerprint density at radius 2 is 1.96 bits per heavy atom. The van der Waals surface area contributed by atoms with Crippen molar-refractivity contribution in [3.8, 4) is 5.75 Å². The first kappa shape index (κ1) is 17.0. The molecule has 1 N–H and O–H groups in total. The number of aromatic nitrogens is 2. The van der Waals surface area contributed by atoms with Gasteiger partial charge in [0.2, 0.25) is 0 Å². The fourth-order valence-electron chi connectivity index (χ4n) is 2.33. The van der Waals surface area contributed by atoms with Crippen molar-refractivity contribution in [2.45, 2.75) is 20.6 Å². The van der Waals surface area contributed by atoms with Crippen molar-refractivity contribution in [3.63, 3.8) is 0 Å². The number of nitrogens with zero attached hydrogens (tertiary/aromatic N) is 2. The van der Waals surface area contributed by atoms with Crippen LogP contribution < -0.4 is 10.1 Å². The molecule has 1 amide bonds. The third kappa shape index (κ3) is 4.00. The van der Waals surface area contributed by atoms with Gasteiger partial charge in [0.05, 0.1) is 5.02 Å². The van der Waals surface area contributed by atoms with Crippen LogP contribution in [-0.4, -0.2) is 15.7 Å². The molecule has 0 saturated heterocycles. The van der Waals surface area contributed by atoms with Gasteiger partial charge < -0.3 is 10.1 Å². The zero-order valence-corrected chi connectivity index (χ0v) is 14.7. The van der Waals surface area contributed by atoms with Crippen molar-refractivity contribution < 1.29 is 9.53 Å². The van der Waals surface area contributed by atoms with Gasteiger partial charge in [0.1, 0.15) is 5.75 Å². The van der Waals surface area contributed by atoms with Gasteiger partial charge in [0, 0.05) is 11.9 Å². The molecule has 2 aromatic carbocycles. The number of aryl methyl sites for hydroxylation is 1. The molecule has 25 heavy (non-hydrogen) atoms. The van der Waals surface area contributed by atoms with Gasteiger partial charge in [-0.15, -0.1) is 0 Å². The second kappa shape index (κ2) is 7.40. The van der Waals surface area contributed by atoms with E-state index >= 15 is 0 Å². The van der Waals surface area contributed by atoms with Gasteiger partial charge in [-0.05, 0) is 49.2 Å². The summed E-state index contributed by atoms with van der Waals surface area (Å²) in [6, 6.07) is 14.6. The molecule has 0 aliphatic carbocycles. The Bertz CT molecular complexity index is 905. The Morgan fingerprint density at radius 3 is 2.76 bits per heavy atom. The number of ether oxygens (including phenoxy) is 1. The fourth-order valence-corrected chi connectivity index (χ4v) is 2.52. The molecule has 0 fully saturated rings. The van der Waals surface area contributed by atoms with Crippen molar-refractivity contribution in [2.24, 2.45) is 0 Å². The van der Waals surface area contributed by atoms with Gasteiger partial charge in [-0.1, -0.05) is 35.9 Å². The molecule has 0 aliphatic rings. The van der Waals surface area contributed by atoms with E-state index in [4.69, 9.17) is 16.3 Å². The average molecular weight is 356 g/mol. The van der Waals surface area contributed by atoms with Gasteiger partial charge in [-0.3, -0.25) is 4.79 Å². The van der Waals surface area contributed by atoms with Crippen molar-refractivity contribution in [3.05, 3.63) is 76.6 Å². The number of carbonyl (C=O) groups excluding carboxylic acids is 1. The third-order valence-corrected chi connectivity index (χ3v) is 4.23. The quantitative estimate of drug-likeness (QED) is 0.736. The van der Waals surface area contributed by atoms with E-state index in [1.807, 2.05) is 44.2 Å². The number of carbonyl (C=O) groups is 1. The predicted octanol–water partition coefficient (Wildman–Crippen LogP) is 4.44. The molecule has 0 bridgehead atoms. The highest BCUT2D eigenvalue weighted by molar-refractivity contribution is 6.32. The van der Waals surface area contributed by atoms with E-state index in [1.165, 1.54) is 0 Å². The van der Waals surface area contributed by atoms with Crippen LogP contribution in [0.3, 0.4) is 0 Å². The van der Waals surface area contributed by atoms with Gasteiger partial charge in [0.15, 0.2) is 12.4 Å². The number of halogens is 1.